The van der Waals surface area contributed by atoms with E-state index in [9.17, 15) is 4.79 Å². The molecule has 0 aliphatic heterocycles. The van der Waals surface area contributed by atoms with Gasteiger partial charge < -0.3 is 5.32 Å². The van der Waals surface area contributed by atoms with Gasteiger partial charge in [-0.15, -0.1) is 10.2 Å². The number of aryl methyl sites for hydroxylation is 3. The summed E-state index contributed by atoms with van der Waals surface area (Å²) in [5.41, 5.74) is 4.20. The molecule has 1 heterocycles. The summed E-state index contributed by atoms with van der Waals surface area (Å²) in [7, 11) is 1.81. The Labute approximate surface area is 133 Å². The van der Waals surface area contributed by atoms with Crippen LogP contribution in [-0.4, -0.2) is 28.3 Å². The van der Waals surface area contributed by atoms with Crippen molar-refractivity contribution in [1.82, 2.24) is 10.2 Å². The summed E-state index contributed by atoms with van der Waals surface area (Å²) in [4.78, 5) is 12.6. The predicted octanol–water partition coefficient (Wildman–Crippen LogP) is 3.87. The smallest absolute Gasteiger partial charge is 0.206 e. The molecule has 0 radical (unpaired) electrons. The van der Waals surface area contributed by atoms with Crippen LogP contribution in [-0.2, 0) is 0 Å². The van der Waals surface area contributed by atoms with E-state index in [1.54, 1.807) is 0 Å². The van der Waals surface area contributed by atoms with Gasteiger partial charge in [-0.1, -0.05) is 29.2 Å². The molecule has 0 saturated heterocycles. The van der Waals surface area contributed by atoms with Gasteiger partial charge in [-0.25, -0.2) is 0 Å². The Morgan fingerprint density at radius 2 is 1.86 bits per heavy atom. The van der Waals surface area contributed by atoms with Crippen molar-refractivity contribution in [2.45, 2.75) is 37.3 Å². The van der Waals surface area contributed by atoms with E-state index in [-0.39, 0.29) is 11.0 Å². The molecular formula is C15H19N3OS2. The zero-order chi connectivity index (χ0) is 15.6. The van der Waals surface area contributed by atoms with Gasteiger partial charge in [-0.3, -0.25) is 4.79 Å². The van der Waals surface area contributed by atoms with Crippen LogP contribution in [0.15, 0.2) is 16.5 Å². The normalized spacial score (nSPS) is 12.2. The molecule has 1 atom stereocenters. The number of carbonyl (C=O) groups is 1. The third-order valence-corrected chi connectivity index (χ3v) is 5.50. The first kappa shape index (κ1) is 16.0. The van der Waals surface area contributed by atoms with E-state index in [1.165, 1.54) is 28.7 Å². The molecule has 4 nitrogen and oxygen atoms in total. The Kier molecular flexibility index (Phi) is 5.00. The Morgan fingerprint density at radius 3 is 2.48 bits per heavy atom. The number of rotatable bonds is 5. The van der Waals surface area contributed by atoms with E-state index in [0.29, 0.717) is 0 Å². The van der Waals surface area contributed by atoms with E-state index >= 15 is 0 Å². The molecule has 0 aliphatic rings. The maximum absolute atomic E-state index is 12.6. The first-order chi connectivity index (χ1) is 9.92. The highest BCUT2D eigenvalue weighted by Crippen LogP contribution is 2.31. The molecule has 0 saturated carbocycles. The van der Waals surface area contributed by atoms with Crippen LogP contribution < -0.4 is 5.32 Å². The molecule has 0 amide bonds. The van der Waals surface area contributed by atoms with Crippen LogP contribution in [0.25, 0.3) is 0 Å². The van der Waals surface area contributed by atoms with Crippen LogP contribution in [0.5, 0.6) is 0 Å². The molecule has 1 N–H and O–H groups in total. The standard InChI is InChI=1S/C15H19N3OS2/c1-8-6-10(3)12(7-9(8)2)13(19)11(4)20-15-18-17-14(16-5)21-15/h6-7,11H,1-5H3,(H,16,17)/t11-/m1/s1. The fourth-order valence-electron chi connectivity index (χ4n) is 2.01. The quantitative estimate of drug-likeness (QED) is 0.669. The van der Waals surface area contributed by atoms with Crippen molar-refractivity contribution in [2.24, 2.45) is 0 Å². The Bertz CT molecular complexity index is 667. The van der Waals surface area contributed by atoms with Crippen molar-refractivity contribution in [2.75, 3.05) is 12.4 Å². The van der Waals surface area contributed by atoms with Gasteiger partial charge in [0, 0.05) is 12.6 Å². The highest BCUT2D eigenvalue weighted by atomic mass is 32.2. The number of thioether (sulfide) groups is 1. The highest BCUT2D eigenvalue weighted by molar-refractivity contribution is 8.02. The van der Waals surface area contributed by atoms with Crippen LogP contribution in [0.4, 0.5) is 5.13 Å². The summed E-state index contributed by atoms with van der Waals surface area (Å²) in [5.74, 6) is 0.141. The molecule has 0 aliphatic carbocycles. The van der Waals surface area contributed by atoms with E-state index in [1.807, 2.05) is 33.9 Å². The van der Waals surface area contributed by atoms with E-state index in [4.69, 9.17) is 0 Å². The van der Waals surface area contributed by atoms with Crippen LogP contribution in [0, 0.1) is 20.8 Å². The fraction of sp³-hybridized carbons (Fsp3) is 0.400. The Morgan fingerprint density at radius 1 is 1.19 bits per heavy atom. The topological polar surface area (TPSA) is 54.9 Å². The molecule has 6 heteroatoms. The molecule has 2 aromatic rings. The number of hydrogen-bond donors (Lipinski definition) is 1. The summed E-state index contributed by atoms with van der Waals surface area (Å²) < 4.78 is 0.807. The first-order valence-corrected chi connectivity index (χ1v) is 8.42. The number of aromatic nitrogens is 2. The minimum absolute atomic E-state index is 0.141. The monoisotopic (exact) mass is 321 g/mol. The Hall–Kier alpha value is -1.40. The van der Waals surface area contributed by atoms with Gasteiger partial charge in [-0.05, 0) is 50.5 Å². The van der Waals surface area contributed by atoms with Gasteiger partial charge in [0.1, 0.15) is 0 Å². The molecule has 112 valence electrons. The molecule has 1 aromatic heterocycles. The van der Waals surface area contributed by atoms with Gasteiger partial charge >= 0.3 is 0 Å². The third kappa shape index (κ3) is 3.63. The van der Waals surface area contributed by atoms with E-state index in [0.717, 1.165) is 26.2 Å². The third-order valence-electron chi connectivity index (χ3n) is 3.37. The van der Waals surface area contributed by atoms with Crippen molar-refractivity contribution in [1.29, 1.82) is 0 Å². The van der Waals surface area contributed by atoms with Gasteiger partial charge in [0.05, 0.1) is 5.25 Å². The number of carbonyl (C=O) groups excluding carboxylic acids is 1. The lowest BCUT2D eigenvalue weighted by Crippen LogP contribution is -2.15. The van der Waals surface area contributed by atoms with Gasteiger partial charge in [0.15, 0.2) is 10.1 Å². The van der Waals surface area contributed by atoms with Crippen molar-refractivity contribution in [3.63, 3.8) is 0 Å². The summed E-state index contributed by atoms with van der Waals surface area (Å²) in [5, 5.41) is 11.6. The van der Waals surface area contributed by atoms with Crippen molar-refractivity contribution in [3.05, 3.63) is 34.4 Å². The molecule has 0 spiro atoms. The fourth-order valence-corrected chi connectivity index (χ4v) is 3.93. The number of anilines is 1. The maximum atomic E-state index is 12.6. The molecular weight excluding hydrogens is 302 g/mol. The molecule has 1 aromatic carbocycles. The SMILES string of the molecule is CNc1nnc(S[C@H](C)C(=O)c2cc(C)c(C)cc2C)s1. The molecule has 2 rings (SSSR count). The molecule has 0 bridgehead atoms. The van der Waals surface area contributed by atoms with Gasteiger partial charge in [0.25, 0.3) is 0 Å². The van der Waals surface area contributed by atoms with Crippen LogP contribution in [0.3, 0.4) is 0 Å². The lowest BCUT2D eigenvalue weighted by atomic mass is 9.97. The first-order valence-electron chi connectivity index (χ1n) is 6.72. The Balaban J connectivity index is 2.17. The summed E-state index contributed by atoms with van der Waals surface area (Å²) in [6, 6.07) is 4.06. The van der Waals surface area contributed by atoms with E-state index in [2.05, 4.69) is 28.5 Å². The average molecular weight is 321 g/mol. The second-order valence-electron chi connectivity index (χ2n) is 5.00. The van der Waals surface area contributed by atoms with Gasteiger partial charge in [0.2, 0.25) is 5.13 Å². The second-order valence-corrected chi connectivity index (χ2v) is 7.56. The largest absolute Gasteiger partial charge is 0.363 e. The summed E-state index contributed by atoms with van der Waals surface area (Å²) in [6.07, 6.45) is 0. The number of nitrogens with one attached hydrogen (secondary N) is 1. The number of benzene rings is 1. The van der Waals surface area contributed by atoms with E-state index < -0.39 is 0 Å². The number of hydrogen-bond acceptors (Lipinski definition) is 6. The van der Waals surface area contributed by atoms with Crippen LogP contribution in [0.2, 0.25) is 0 Å². The lowest BCUT2D eigenvalue weighted by Gasteiger charge is -2.12. The zero-order valence-electron chi connectivity index (χ0n) is 12.9. The predicted molar refractivity (Wildman–Crippen MR) is 89.8 cm³/mol. The number of ketones is 1. The highest BCUT2D eigenvalue weighted by Gasteiger charge is 2.20. The minimum Gasteiger partial charge on any atom is -0.363 e. The molecule has 0 unspecified atom stereocenters. The van der Waals surface area contributed by atoms with Crippen molar-refractivity contribution >= 4 is 34.0 Å². The van der Waals surface area contributed by atoms with Crippen LogP contribution >= 0.6 is 23.1 Å². The van der Waals surface area contributed by atoms with Crippen LogP contribution in [0.1, 0.15) is 34.0 Å². The van der Waals surface area contributed by atoms with Crippen molar-refractivity contribution in [3.8, 4) is 0 Å². The number of nitrogens with zero attached hydrogens (tertiary/aromatic N) is 2. The average Bonchev–Trinajstić information content (AvgIpc) is 2.89. The second kappa shape index (κ2) is 6.58. The lowest BCUT2D eigenvalue weighted by molar-refractivity contribution is 0.0993. The molecule has 21 heavy (non-hydrogen) atoms. The minimum atomic E-state index is -0.177. The summed E-state index contributed by atoms with van der Waals surface area (Å²) >= 11 is 2.92. The van der Waals surface area contributed by atoms with Gasteiger partial charge in [-0.2, -0.15) is 0 Å². The van der Waals surface area contributed by atoms with Crippen molar-refractivity contribution < 1.29 is 4.79 Å². The summed E-state index contributed by atoms with van der Waals surface area (Å²) in [6.45, 7) is 8.01. The zero-order valence-corrected chi connectivity index (χ0v) is 14.5. The number of Topliss-reactive ketones (excluding diaryl/α,β-unsaturated/α-hetero) is 1. The molecule has 0 fully saturated rings. The maximum Gasteiger partial charge on any atom is 0.206 e.